The van der Waals surface area contributed by atoms with E-state index in [2.05, 4.69) is 191 Å². The summed E-state index contributed by atoms with van der Waals surface area (Å²) in [4.78, 5) is 7.73. The molecule has 0 radical (unpaired) electrons. The molecule has 3 heteroatoms. The van der Waals surface area contributed by atoms with Gasteiger partial charge in [-0.25, -0.2) is 0 Å². The quantitative estimate of drug-likeness (QED) is 0.178. The topological polar surface area (TPSA) is 9.72 Å². The van der Waals surface area contributed by atoms with Crippen LogP contribution in [0, 0.1) is 0 Å². The highest BCUT2D eigenvalue weighted by Crippen LogP contribution is 2.53. The minimum atomic E-state index is 0.242. The summed E-state index contributed by atoms with van der Waals surface area (Å²) in [5.74, 6) is 1.23. The lowest BCUT2D eigenvalue weighted by Gasteiger charge is -2.33. The van der Waals surface area contributed by atoms with Gasteiger partial charge in [0.1, 0.15) is 0 Å². The van der Waals surface area contributed by atoms with Gasteiger partial charge in [-0.15, -0.1) is 0 Å². The Hall–Kier alpha value is -5.80. The molecule has 0 amide bonds. The molecule has 0 saturated carbocycles. The number of para-hydroxylation sites is 3. The van der Waals surface area contributed by atoms with Crippen molar-refractivity contribution in [2.75, 3.05) is 14.7 Å². The smallest absolute Gasteiger partial charge is 0.0629 e. The zero-order valence-electron chi connectivity index (χ0n) is 28.5. The van der Waals surface area contributed by atoms with Crippen LogP contribution in [0.3, 0.4) is 0 Å². The number of benzene rings is 5. The molecule has 6 aliphatic rings. The third kappa shape index (κ3) is 4.37. The number of anilines is 6. The lowest BCUT2D eigenvalue weighted by atomic mass is 9.86. The largest absolute Gasteiger partial charge is 0.334 e. The molecule has 3 nitrogen and oxygen atoms in total. The lowest BCUT2D eigenvalue weighted by Crippen LogP contribution is -2.31. The molecule has 246 valence electrons. The molecule has 0 fully saturated rings. The first-order chi connectivity index (χ1) is 25.3. The molecule has 0 spiro atoms. The van der Waals surface area contributed by atoms with Crippen molar-refractivity contribution in [1.82, 2.24) is 0 Å². The van der Waals surface area contributed by atoms with Crippen LogP contribution in [0.1, 0.15) is 47.3 Å². The van der Waals surface area contributed by atoms with Crippen molar-refractivity contribution in [1.29, 1.82) is 0 Å². The monoisotopic (exact) mass is 657 g/mol. The summed E-state index contributed by atoms with van der Waals surface area (Å²) < 4.78 is 0. The highest BCUT2D eigenvalue weighted by molar-refractivity contribution is 5.86. The fourth-order valence-electron chi connectivity index (χ4n) is 9.95. The highest BCUT2D eigenvalue weighted by atomic mass is 15.2. The van der Waals surface area contributed by atoms with E-state index in [-0.39, 0.29) is 6.04 Å². The minimum absolute atomic E-state index is 0.242. The van der Waals surface area contributed by atoms with Crippen molar-refractivity contribution in [3.63, 3.8) is 0 Å². The Balaban J connectivity index is 1.06. The van der Waals surface area contributed by atoms with Crippen LogP contribution in [0.2, 0.25) is 0 Å². The number of allylic oxidation sites excluding steroid dienone is 5. The zero-order chi connectivity index (χ0) is 33.5. The average Bonchev–Trinajstić information content (AvgIpc) is 3.84. The first-order valence-corrected chi connectivity index (χ1v) is 18.6. The average molecular weight is 658 g/mol. The van der Waals surface area contributed by atoms with E-state index in [9.17, 15) is 0 Å². The first kappa shape index (κ1) is 29.0. The molecule has 0 aromatic heterocycles. The Kier molecular flexibility index (Phi) is 6.46. The fourth-order valence-corrected chi connectivity index (χ4v) is 9.95. The molecule has 5 aromatic rings. The second-order valence-corrected chi connectivity index (χ2v) is 14.7. The van der Waals surface area contributed by atoms with Gasteiger partial charge >= 0.3 is 0 Å². The maximum absolute atomic E-state index is 2.62. The van der Waals surface area contributed by atoms with E-state index in [4.69, 9.17) is 0 Å². The van der Waals surface area contributed by atoms with E-state index >= 15 is 0 Å². The molecular weight excluding hydrogens is 619 g/mol. The summed E-state index contributed by atoms with van der Waals surface area (Å²) in [5, 5.41) is 0. The summed E-state index contributed by atoms with van der Waals surface area (Å²) in [6, 6.07) is 44.5. The fraction of sp³-hybridized carbons (Fsp3) is 0.167. The number of hydrogen-bond donors (Lipinski definition) is 0. The van der Waals surface area contributed by atoms with Crippen LogP contribution in [0.4, 0.5) is 34.1 Å². The molecule has 0 bridgehead atoms. The molecule has 51 heavy (non-hydrogen) atoms. The Labute approximate surface area is 300 Å². The number of rotatable bonds is 4. The maximum atomic E-state index is 2.62. The van der Waals surface area contributed by atoms with Gasteiger partial charge in [-0.05, 0) is 89.2 Å². The predicted molar refractivity (Wildman–Crippen MR) is 212 cm³/mol. The van der Waals surface area contributed by atoms with Crippen LogP contribution in [-0.2, 0) is 0 Å². The molecule has 3 aliphatic heterocycles. The minimum Gasteiger partial charge on any atom is -0.334 e. The number of hydrogen-bond acceptors (Lipinski definition) is 3. The van der Waals surface area contributed by atoms with Gasteiger partial charge in [0.15, 0.2) is 0 Å². The van der Waals surface area contributed by atoms with Crippen LogP contribution in [0.15, 0.2) is 176 Å². The Morgan fingerprint density at radius 3 is 1.55 bits per heavy atom. The van der Waals surface area contributed by atoms with Gasteiger partial charge in [-0.2, -0.15) is 0 Å². The second kappa shape index (κ2) is 11.4. The van der Waals surface area contributed by atoms with Gasteiger partial charge in [0.25, 0.3) is 0 Å². The summed E-state index contributed by atoms with van der Waals surface area (Å²) >= 11 is 0. The van der Waals surface area contributed by atoms with Crippen molar-refractivity contribution in [2.45, 2.75) is 48.7 Å². The van der Waals surface area contributed by atoms with Crippen LogP contribution in [0.25, 0.3) is 11.1 Å². The summed E-state index contributed by atoms with van der Waals surface area (Å²) in [5.41, 5.74) is 14.4. The van der Waals surface area contributed by atoms with E-state index in [0.29, 0.717) is 29.8 Å². The van der Waals surface area contributed by atoms with Gasteiger partial charge in [-0.3, -0.25) is 0 Å². The van der Waals surface area contributed by atoms with Crippen LogP contribution >= 0.6 is 0 Å². The summed E-state index contributed by atoms with van der Waals surface area (Å²) in [6.07, 6.45) is 25.5. The van der Waals surface area contributed by atoms with Gasteiger partial charge in [-0.1, -0.05) is 127 Å². The van der Waals surface area contributed by atoms with Crippen molar-refractivity contribution < 1.29 is 0 Å². The lowest BCUT2D eigenvalue weighted by molar-refractivity contribution is 0.573. The van der Waals surface area contributed by atoms with Crippen LogP contribution < -0.4 is 14.7 Å². The second-order valence-electron chi connectivity index (χ2n) is 14.7. The Bertz CT molecular complexity index is 2320. The number of nitrogens with zero attached hydrogens (tertiary/aromatic N) is 3. The molecule has 0 saturated heterocycles. The van der Waals surface area contributed by atoms with E-state index in [0.717, 1.165) is 6.42 Å². The van der Waals surface area contributed by atoms with E-state index < -0.39 is 0 Å². The normalized spacial score (nSPS) is 25.8. The highest BCUT2D eigenvalue weighted by Gasteiger charge is 2.41. The van der Waals surface area contributed by atoms with Crippen molar-refractivity contribution in [2.24, 2.45) is 0 Å². The summed E-state index contributed by atoms with van der Waals surface area (Å²) in [7, 11) is 0. The third-order valence-corrected chi connectivity index (χ3v) is 12.1. The van der Waals surface area contributed by atoms with Crippen LogP contribution in [-0.4, -0.2) is 18.1 Å². The third-order valence-electron chi connectivity index (χ3n) is 12.1. The van der Waals surface area contributed by atoms with E-state index in [1.165, 1.54) is 68.4 Å². The molecular formula is C48H39N3. The first-order valence-electron chi connectivity index (χ1n) is 18.6. The van der Waals surface area contributed by atoms with E-state index in [1.807, 2.05) is 0 Å². The van der Waals surface area contributed by atoms with E-state index in [1.54, 1.807) is 0 Å². The molecule has 3 heterocycles. The Morgan fingerprint density at radius 2 is 0.922 bits per heavy atom. The van der Waals surface area contributed by atoms with Gasteiger partial charge in [0, 0.05) is 51.9 Å². The van der Waals surface area contributed by atoms with Crippen molar-refractivity contribution in [3.05, 3.63) is 193 Å². The molecule has 0 N–H and O–H groups in total. The Morgan fingerprint density at radius 1 is 0.412 bits per heavy atom. The summed E-state index contributed by atoms with van der Waals surface area (Å²) in [6.45, 7) is 0. The number of fused-ring (bicyclic) bond motifs is 9. The zero-order valence-corrected chi connectivity index (χ0v) is 28.5. The van der Waals surface area contributed by atoms with Crippen LogP contribution in [0.5, 0.6) is 0 Å². The predicted octanol–water partition coefficient (Wildman–Crippen LogP) is 11.8. The molecule has 6 unspecified atom stereocenters. The van der Waals surface area contributed by atoms with Crippen molar-refractivity contribution >= 4 is 34.1 Å². The molecule has 11 rings (SSSR count). The van der Waals surface area contributed by atoms with Crippen molar-refractivity contribution in [3.8, 4) is 11.1 Å². The molecule has 6 atom stereocenters. The van der Waals surface area contributed by atoms with Gasteiger partial charge in [0.05, 0.1) is 18.1 Å². The SMILES string of the molecule is C1=CC2c3ccccc3N(c3ccc(-c4cc(N5c6ccccc6C6C=CC=CC65)cc(N5c6ccccc6C6CCC=CC65)c4)cc3)C2C=C1. The molecule has 3 aliphatic carbocycles. The molecule has 5 aromatic carbocycles. The van der Waals surface area contributed by atoms with Gasteiger partial charge < -0.3 is 14.7 Å². The van der Waals surface area contributed by atoms with Gasteiger partial charge in [0.2, 0.25) is 0 Å². The standard InChI is InChI=1S/C48H39N3/c1-7-19-43-37(13-1)38-14-2-8-20-44(38)49(43)34-27-25-32(26-28-34)33-29-35(50-45-21-9-3-15-39(45)40-16-4-10-22-46(40)50)31-36(30-33)51-47-23-11-5-17-41(47)42-18-6-12-24-48(42)51/h1-5,7-17,19-31,37,39,42-43,45,48H,6,18H2. The maximum Gasteiger partial charge on any atom is 0.0629 e.